The minimum absolute atomic E-state index is 0.355. The van der Waals surface area contributed by atoms with Crippen molar-refractivity contribution < 1.29 is 8.78 Å². The van der Waals surface area contributed by atoms with Crippen LogP contribution in [0.25, 0.3) is 10.4 Å². The molecule has 0 saturated carbocycles. The van der Waals surface area contributed by atoms with Crippen molar-refractivity contribution in [1.82, 2.24) is 4.98 Å². The zero-order valence-corrected chi connectivity index (χ0v) is 8.52. The van der Waals surface area contributed by atoms with Crippen LogP contribution in [-0.2, 0) is 6.54 Å². The van der Waals surface area contributed by atoms with E-state index >= 15 is 0 Å². The molecule has 0 aliphatic rings. The first-order valence-corrected chi connectivity index (χ1v) is 5.12. The van der Waals surface area contributed by atoms with Crippen molar-refractivity contribution in [1.29, 1.82) is 0 Å². The SMILES string of the molecule is NCc1ncc(-c2ccc(F)c(F)c2)s1. The van der Waals surface area contributed by atoms with Gasteiger partial charge in [-0.25, -0.2) is 13.8 Å². The topological polar surface area (TPSA) is 38.9 Å². The summed E-state index contributed by atoms with van der Waals surface area (Å²) < 4.78 is 25.6. The van der Waals surface area contributed by atoms with Gasteiger partial charge in [0.2, 0.25) is 0 Å². The van der Waals surface area contributed by atoms with Gasteiger partial charge in [-0.15, -0.1) is 11.3 Å². The summed E-state index contributed by atoms with van der Waals surface area (Å²) >= 11 is 1.38. The number of nitrogens with two attached hydrogens (primary N) is 1. The van der Waals surface area contributed by atoms with E-state index in [-0.39, 0.29) is 0 Å². The highest BCUT2D eigenvalue weighted by atomic mass is 32.1. The molecule has 2 nitrogen and oxygen atoms in total. The van der Waals surface area contributed by atoms with Crippen LogP contribution in [0.15, 0.2) is 24.4 Å². The Kier molecular flexibility index (Phi) is 2.75. The smallest absolute Gasteiger partial charge is 0.159 e. The lowest BCUT2D eigenvalue weighted by Crippen LogP contribution is -1.93. The van der Waals surface area contributed by atoms with Crippen LogP contribution >= 0.6 is 11.3 Å². The molecule has 1 aromatic carbocycles. The van der Waals surface area contributed by atoms with Crippen LogP contribution in [-0.4, -0.2) is 4.98 Å². The highest BCUT2D eigenvalue weighted by Crippen LogP contribution is 2.26. The third-order valence-electron chi connectivity index (χ3n) is 1.93. The largest absolute Gasteiger partial charge is 0.325 e. The fourth-order valence-corrected chi connectivity index (χ4v) is 1.98. The maximum absolute atomic E-state index is 12.9. The normalized spacial score (nSPS) is 10.6. The van der Waals surface area contributed by atoms with E-state index in [1.807, 2.05) is 0 Å². The summed E-state index contributed by atoms with van der Waals surface area (Å²) in [4.78, 5) is 4.83. The van der Waals surface area contributed by atoms with Crippen molar-refractivity contribution in [2.45, 2.75) is 6.54 Å². The fraction of sp³-hybridized carbons (Fsp3) is 0.100. The molecule has 1 aromatic heterocycles. The number of aromatic nitrogens is 1. The molecule has 0 bridgehead atoms. The van der Waals surface area contributed by atoms with Crippen LogP contribution in [0.2, 0.25) is 0 Å². The van der Waals surface area contributed by atoms with Gasteiger partial charge in [0, 0.05) is 12.7 Å². The quantitative estimate of drug-likeness (QED) is 0.854. The number of benzene rings is 1. The van der Waals surface area contributed by atoms with Gasteiger partial charge in [0.1, 0.15) is 5.01 Å². The zero-order chi connectivity index (χ0) is 10.8. The van der Waals surface area contributed by atoms with Gasteiger partial charge in [-0.2, -0.15) is 0 Å². The molecule has 0 spiro atoms. The molecule has 2 aromatic rings. The first-order valence-electron chi connectivity index (χ1n) is 4.31. The van der Waals surface area contributed by atoms with Crippen LogP contribution in [0.3, 0.4) is 0 Å². The van der Waals surface area contributed by atoms with Crippen molar-refractivity contribution in [3.63, 3.8) is 0 Å². The van der Waals surface area contributed by atoms with Gasteiger partial charge in [-0.05, 0) is 17.7 Å². The highest BCUT2D eigenvalue weighted by molar-refractivity contribution is 7.15. The molecular formula is C10H8F2N2S. The Labute approximate surface area is 89.4 Å². The second kappa shape index (κ2) is 4.04. The predicted octanol–water partition coefficient (Wildman–Crippen LogP) is 2.55. The summed E-state index contributed by atoms with van der Waals surface area (Å²) in [5, 5.41) is 0.773. The lowest BCUT2D eigenvalue weighted by Gasteiger charge is -1.97. The molecule has 78 valence electrons. The van der Waals surface area contributed by atoms with Crippen molar-refractivity contribution in [3.8, 4) is 10.4 Å². The highest BCUT2D eigenvalue weighted by Gasteiger charge is 2.07. The predicted molar refractivity (Wildman–Crippen MR) is 55.4 cm³/mol. The number of nitrogens with zero attached hydrogens (tertiary/aromatic N) is 1. The molecule has 0 amide bonds. The van der Waals surface area contributed by atoms with Crippen molar-refractivity contribution in [2.24, 2.45) is 5.73 Å². The molecule has 0 unspecified atom stereocenters. The van der Waals surface area contributed by atoms with Gasteiger partial charge in [0.25, 0.3) is 0 Å². The molecule has 0 atom stereocenters. The van der Waals surface area contributed by atoms with Crippen molar-refractivity contribution in [3.05, 3.63) is 41.0 Å². The number of halogens is 2. The zero-order valence-electron chi connectivity index (χ0n) is 7.71. The molecule has 2 N–H and O–H groups in total. The van der Waals surface area contributed by atoms with Gasteiger partial charge in [0.15, 0.2) is 11.6 Å². The lowest BCUT2D eigenvalue weighted by molar-refractivity contribution is 0.509. The maximum atomic E-state index is 12.9. The van der Waals surface area contributed by atoms with Crippen molar-refractivity contribution in [2.75, 3.05) is 0 Å². The average Bonchev–Trinajstić information content (AvgIpc) is 2.70. The first-order chi connectivity index (χ1) is 7.20. The Hall–Kier alpha value is -1.33. The van der Waals surface area contributed by atoms with E-state index < -0.39 is 11.6 Å². The molecule has 15 heavy (non-hydrogen) atoms. The molecule has 2 rings (SSSR count). The van der Waals surface area contributed by atoms with Crippen LogP contribution in [0.4, 0.5) is 8.78 Å². The van der Waals surface area contributed by atoms with Gasteiger partial charge in [-0.1, -0.05) is 6.07 Å². The second-order valence-electron chi connectivity index (χ2n) is 2.95. The third-order valence-corrected chi connectivity index (χ3v) is 3.00. The molecule has 0 fully saturated rings. The molecule has 0 aliphatic carbocycles. The molecule has 0 radical (unpaired) electrons. The Balaban J connectivity index is 2.40. The van der Waals surface area contributed by atoms with Gasteiger partial charge >= 0.3 is 0 Å². The van der Waals surface area contributed by atoms with E-state index in [9.17, 15) is 8.78 Å². The maximum Gasteiger partial charge on any atom is 0.159 e. The first kappa shape index (κ1) is 10.2. The van der Waals surface area contributed by atoms with E-state index in [1.165, 1.54) is 17.4 Å². The number of hydrogen-bond donors (Lipinski definition) is 1. The Morgan fingerprint density at radius 2 is 2.07 bits per heavy atom. The Morgan fingerprint density at radius 3 is 2.67 bits per heavy atom. The van der Waals surface area contributed by atoms with Gasteiger partial charge in [-0.3, -0.25) is 0 Å². The average molecular weight is 226 g/mol. The van der Waals surface area contributed by atoms with Gasteiger partial charge < -0.3 is 5.73 Å². The fourth-order valence-electron chi connectivity index (χ4n) is 1.19. The van der Waals surface area contributed by atoms with Crippen LogP contribution < -0.4 is 5.73 Å². The van der Waals surface area contributed by atoms with E-state index in [2.05, 4.69) is 4.98 Å². The van der Waals surface area contributed by atoms with E-state index in [0.29, 0.717) is 12.1 Å². The standard InChI is InChI=1S/C10H8F2N2S/c11-7-2-1-6(3-8(7)12)9-5-14-10(4-13)15-9/h1-3,5H,4,13H2. The summed E-state index contributed by atoms with van der Waals surface area (Å²) in [6.45, 7) is 0.355. The van der Waals surface area contributed by atoms with E-state index in [4.69, 9.17) is 5.73 Å². The Morgan fingerprint density at radius 1 is 1.27 bits per heavy atom. The summed E-state index contributed by atoms with van der Waals surface area (Å²) in [5.41, 5.74) is 6.03. The Bertz CT molecular complexity index is 482. The lowest BCUT2D eigenvalue weighted by atomic mass is 10.2. The summed E-state index contributed by atoms with van der Waals surface area (Å²) in [7, 11) is 0. The van der Waals surface area contributed by atoms with Gasteiger partial charge in [0.05, 0.1) is 4.88 Å². The second-order valence-corrected chi connectivity index (χ2v) is 4.07. The van der Waals surface area contributed by atoms with E-state index in [0.717, 1.165) is 22.0 Å². The number of thiazole rings is 1. The van der Waals surface area contributed by atoms with Crippen molar-refractivity contribution >= 4 is 11.3 Å². The molecule has 5 heteroatoms. The molecule has 0 aliphatic heterocycles. The van der Waals surface area contributed by atoms with Crippen LogP contribution in [0.1, 0.15) is 5.01 Å². The third kappa shape index (κ3) is 2.03. The molecule has 1 heterocycles. The van der Waals surface area contributed by atoms with E-state index in [1.54, 1.807) is 6.20 Å². The molecular weight excluding hydrogens is 218 g/mol. The van der Waals surface area contributed by atoms with Crippen LogP contribution in [0.5, 0.6) is 0 Å². The number of hydrogen-bond acceptors (Lipinski definition) is 3. The summed E-state index contributed by atoms with van der Waals surface area (Å²) in [6, 6.07) is 3.78. The summed E-state index contributed by atoms with van der Waals surface area (Å²) in [6.07, 6.45) is 1.61. The summed E-state index contributed by atoms with van der Waals surface area (Å²) in [5.74, 6) is -1.70. The monoisotopic (exact) mass is 226 g/mol. The minimum atomic E-state index is -0.852. The van der Waals surface area contributed by atoms with Crippen LogP contribution in [0, 0.1) is 11.6 Å². The minimum Gasteiger partial charge on any atom is -0.325 e. The molecule has 0 saturated heterocycles. The number of rotatable bonds is 2.